The lowest BCUT2D eigenvalue weighted by atomic mass is 10.2. The Morgan fingerprint density at radius 1 is 1.44 bits per heavy atom. The van der Waals surface area contributed by atoms with Gasteiger partial charge in [-0.05, 0) is 12.1 Å². The van der Waals surface area contributed by atoms with E-state index < -0.39 is 0 Å². The van der Waals surface area contributed by atoms with Gasteiger partial charge in [0.05, 0.1) is 6.04 Å². The summed E-state index contributed by atoms with van der Waals surface area (Å²) >= 11 is 0. The molecule has 0 aliphatic rings. The van der Waals surface area contributed by atoms with Crippen molar-refractivity contribution in [3.63, 3.8) is 0 Å². The van der Waals surface area contributed by atoms with Gasteiger partial charge in [0.2, 0.25) is 0 Å². The molecule has 3 nitrogen and oxygen atoms in total. The summed E-state index contributed by atoms with van der Waals surface area (Å²) in [5, 5.41) is 4.37. The van der Waals surface area contributed by atoms with Crippen LogP contribution in [0.1, 0.15) is 11.8 Å². The van der Waals surface area contributed by atoms with E-state index in [2.05, 4.69) is 11.9 Å². The average Bonchev–Trinajstić information content (AvgIpc) is 2.73. The lowest BCUT2D eigenvalue weighted by Gasteiger charge is -2.12. The predicted octanol–water partition coefficient (Wildman–Crippen LogP) is 2.21. The number of furan rings is 1. The number of hydrogen-bond acceptors (Lipinski definition) is 3. The van der Waals surface area contributed by atoms with Gasteiger partial charge in [0.25, 0.3) is 0 Å². The van der Waals surface area contributed by atoms with E-state index in [1.54, 1.807) is 0 Å². The molecule has 1 atom stereocenters. The molecule has 1 aromatic heterocycles. The summed E-state index contributed by atoms with van der Waals surface area (Å²) in [5.74, 6) is 0.880. The van der Waals surface area contributed by atoms with Gasteiger partial charge in [-0.15, -0.1) is 6.58 Å². The second-order valence-corrected chi connectivity index (χ2v) is 3.67. The van der Waals surface area contributed by atoms with Gasteiger partial charge in [-0.3, -0.25) is 0 Å². The van der Waals surface area contributed by atoms with Gasteiger partial charge >= 0.3 is 0 Å². The third kappa shape index (κ3) is 2.15. The van der Waals surface area contributed by atoms with E-state index in [-0.39, 0.29) is 6.04 Å². The van der Waals surface area contributed by atoms with Gasteiger partial charge in [-0.25, -0.2) is 0 Å². The Morgan fingerprint density at radius 2 is 2.25 bits per heavy atom. The molecule has 1 aromatic carbocycles. The van der Waals surface area contributed by atoms with Crippen LogP contribution in [0.2, 0.25) is 0 Å². The minimum absolute atomic E-state index is 0.0467. The number of fused-ring (bicyclic) bond motifs is 1. The van der Waals surface area contributed by atoms with E-state index in [0.717, 1.165) is 23.3 Å². The van der Waals surface area contributed by atoms with Gasteiger partial charge in [-0.2, -0.15) is 0 Å². The summed E-state index contributed by atoms with van der Waals surface area (Å²) in [4.78, 5) is 0. The zero-order valence-electron chi connectivity index (χ0n) is 9.15. The first-order valence-electron chi connectivity index (χ1n) is 5.38. The minimum atomic E-state index is 0.0467. The van der Waals surface area contributed by atoms with Gasteiger partial charge in [-0.1, -0.05) is 24.3 Å². The number of rotatable bonds is 5. The van der Waals surface area contributed by atoms with Crippen molar-refractivity contribution in [2.45, 2.75) is 6.04 Å². The van der Waals surface area contributed by atoms with Crippen molar-refractivity contribution in [2.75, 3.05) is 13.1 Å². The Labute approximate surface area is 94.9 Å². The number of nitrogens with one attached hydrogen (secondary N) is 1. The number of hydrogen-bond donors (Lipinski definition) is 2. The highest BCUT2D eigenvalue weighted by molar-refractivity contribution is 5.77. The first-order chi connectivity index (χ1) is 7.85. The molecular formula is C13H16N2O. The molecule has 0 amide bonds. The highest BCUT2D eigenvalue weighted by atomic mass is 16.3. The molecule has 0 saturated heterocycles. The Kier molecular flexibility index (Phi) is 3.39. The SMILES string of the molecule is C=CCNC(CN)c1cc2ccccc2o1. The molecule has 1 heterocycles. The summed E-state index contributed by atoms with van der Waals surface area (Å²) in [6, 6.07) is 10.0. The van der Waals surface area contributed by atoms with Crippen LogP contribution in [0, 0.1) is 0 Å². The molecule has 3 heteroatoms. The van der Waals surface area contributed by atoms with Crippen molar-refractivity contribution in [2.24, 2.45) is 5.73 Å². The maximum atomic E-state index is 5.74. The van der Waals surface area contributed by atoms with Crippen LogP contribution in [-0.4, -0.2) is 13.1 Å². The maximum absolute atomic E-state index is 5.74. The first kappa shape index (κ1) is 10.9. The van der Waals surface area contributed by atoms with Crippen molar-refractivity contribution in [3.05, 3.63) is 48.7 Å². The number of benzene rings is 1. The Bertz CT molecular complexity index is 442. The summed E-state index contributed by atoms with van der Waals surface area (Å²) in [7, 11) is 0. The molecule has 16 heavy (non-hydrogen) atoms. The maximum Gasteiger partial charge on any atom is 0.134 e. The molecule has 84 valence electrons. The van der Waals surface area contributed by atoms with E-state index in [9.17, 15) is 0 Å². The van der Waals surface area contributed by atoms with Crippen molar-refractivity contribution < 1.29 is 4.42 Å². The van der Waals surface area contributed by atoms with Crippen molar-refractivity contribution in [3.8, 4) is 0 Å². The molecule has 2 aromatic rings. The van der Waals surface area contributed by atoms with Crippen LogP contribution < -0.4 is 11.1 Å². The number of para-hydroxylation sites is 1. The Hall–Kier alpha value is -1.58. The fourth-order valence-electron chi connectivity index (χ4n) is 1.70. The zero-order valence-corrected chi connectivity index (χ0v) is 9.15. The van der Waals surface area contributed by atoms with E-state index in [1.165, 1.54) is 0 Å². The van der Waals surface area contributed by atoms with Crippen LogP contribution in [-0.2, 0) is 0 Å². The summed E-state index contributed by atoms with van der Waals surface area (Å²) in [6.07, 6.45) is 1.81. The largest absolute Gasteiger partial charge is 0.459 e. The van der Waals surface area contributed by atoms with Crippen LogP contribution >= 0.6 is 0 Å². The Balaban J connectivity index is 2.26. The van der Waals surface area contributed by atoms with Crippen LogP contribution in [0.15, 0.2) is 47.4 Å². The van der Waals surface area contributed by atoms with Crippen molar-refractivity contribution in [1.29, 1.82) is 0 Å². The average molecular weight is 216 g/mol. The summed E-state index contributed by atoms with van der Waals surface area (Å²) < 4.78 is 5.74. The van der Waals surface area contributed by atoms with Crippen LogP contribution in [0.3, 0.4) is 0 Å². The van der Waals surface area contributed by atoms with Crippen LogP contribution in [0.4, 0.5) is 0 Å². The molecule has 0 fully saturated rings. The topological polar surface area (TPSA) is 51.2 Å². The second-order valence-electron chi connectivity index (χ2n) is 3.67. The first-order valence-corrected chi connectivity index (χ1v) is 5.38. The molecule has 0 radical (unpaired) electrons. The third-order valence-electron chi connectivity index (χ3n) is 2.53. The highest BCUT2D eigenvalue weighted by Crippen LogP contribution is 2.23. The van der Waals surface area contributed by atoms with Crippen molar-refractivity contribution in [1.82, 2.24) is 5.32 Å². The molecule has 0 aliphatic heterocycles. The van der Waals surface area contributed by atoms with Crippen LogP contribution in [0.5, 0.6) is 0 Å². The summed E-state index contributed by atoms with van der Waals surface area (Å²) in [6.45, 7) is 4.90. The highest BCUT2D eigenvalue weighted by Gasteiger charge is 2.13. The normalized spacial score (nSPS) is 12.8. The molecule has 0 spiro atoms. The van der Waals surface area contributed by atoms with Crippen LogP contribution in [0.25, 0.3) is 11.0 Å². The lowest BCUT2D eigenvalue weighted by Crippen LogP contribution is -2.27. The quantitative estimate of drug-likeness (QED) is 0.753. The lowest BCUT2D eigenvalue weighted by molar-refractivity contribution is 0.448. The van der Waals surface area contributed by atoms with E-state index in [1.807, 2.05) is 36.4 Å². The summed E-state index contributed by atoms with van der Waals surface area (Å²) in [5.41, 5.74) is 6.61. The van der Waals surface area contributed by atoms with Gasteiger partial charge in [0, 0.05) is 18.5 Å². The fraction of sp³-hybridized carbons (Fsp3) is 0.231. The fourth-order valence-corrected chi connectivity index (χ4v) is 1.70. The number of nitrogens with two attached hydrogens (primary N) is 1. The molecule has 0 aliphatic carbocycles. The molecule has 1 unspecified atom stereocenters. The van der Waals surface area contributed by atoms with Gasteiger partial charge < -0.3 is 15.5 Å². The molecule has 3 N–H and O–H groups in total. The molecular weight excluding hydrogens is 200 g/mol. The Morgan fingerprint density at radius 3 is 2.94 bits per heavy atom. The molecule has 0 bridgehead atoms. The molecule has 0 saturated carbocycles. The minimum Gasteiger partial charge on any atom is -0.459 e. The van der Waals surface area contributed by atoms with Gasteiger partial charge in [0.1, 0.15) is 11.3 Å². The van der Waals surface area contributed by atoms with E-state index >= 15 is 0 Å². The second kappa shape index (κ2) is 4.96. The molecule has 2 rings (SSSR count). The van der Waals surface area contributed by atoms with Crippen molar-refractivity contribution >= 4 is 11.0 Å². The van der Waals surface area contributed by atoms with Gasteiger partial charge in [0.15, 0.2) is 0 Å². The standard InChI is InChI=1S/C13H16N2O/c1-2-7-15-11(9-14)13-8-10-5-3-4-6-12(10)16-13/h2-6,8,11,15H,1,7,9,14H2. The third-order valence-corrected chi connectivity index (χ3v) is 2.53. The van der Waals surface area contributed by atoms with E-state index in [4.69, 9.17) is 10.2 Å². The zero-order chi connectivity index (χ0) is 11.4. The van der Waals surface area contributed by atoms with E-state index in [0.29, 0.717) is 6.54 Å². The predicted molar refractivity (Wildman–Crippen MR) is 66.2 cm³/mol. The smallest absolute Gasteiger partial charge is 0.134 e. The monoisotopic (exact) mass is 216 g/mol.